The van der Waals surface area contributed by atoms with Crippen molar-refractivity contribution < 1.29 is 17.9 Å². The van der Waals surface area contributed by atoms with Crippen LogP contribution in [0.1, 0.15) is 36.1 Å². The van der Waals surface area contributed by atoms with E-state index in [-0.39, 0.29) is 23.5 Å². The molecule has 2 N–H and O–H groups in total. The molecule has 1 atom stereocenters. The predicted molar refractivity (Wildman–Crippen MR) is 103 cm³/mol. The van der Waals surface area contributed by atoms with Gasteiger partial charge in [0.2, 0.25) is 10.0 Å². The number of likely N-dealkylation sites (N-methyl/N-ethyl adjacent to an activating group) is 1. The fraction of sp³-hybridized carbons (Fsp3) is 0.350. The second-order valence-electron chi connectivity index (χ2n) is 6.87. The standard InChI is InChI=1S/C20H24N2O4S/c1-14(15-7-10-19(11-8-15)27(21,24)25)22(2)20(23)13-26-18-9-6-16-4-3-5-17(16)12-18/h6-12,14H,3-5,13H2,1-2H3,(H2,21,24,25)/t14-/m1/s1. The van der Waals surface area contributed by atoms with Gasteiger partial charge in [-0.1, -0.05) is 18.2 Å². The van der Waals surface area contributed by atoms with Crippen LogP contribution in [-0.4, -0.2) is 32.9 Å². The van der Waals surface area contributed by atoms with Gasteiger partial charge >= 0.3 is 0 Å². The molecule has 0 aliphatic heterocycles. The summed E-state index contributed by atoms with van der Waals surface area (Å²) in [6.45, 7) is 1.83. The Kier molecular flexibility index (Phi) is 5.53. The Morgan fingerprint density at radius 3 is 2.48 bits per heavy atom. The van der Waals surface area contributed by atoms with Gasteiger partial charge in [-0.25, -0.2) is 13.6 Å². The highest BCUT2D eigenvalue weighted by Gasteiger charge is 2.19. The van der Waals surface area contributed by atoms with Crippen molar-refractivity contribution in [2.75, 3.05) is 13.7 Å². The topological polar surface area (TPSA) is 89.7 Å². The smallest absolute Gasteiger partial charge is 0.260 e. The highest BCUT2D eigenvalue weighted by Crippen LogP contribution is 2.26. The average molecular weight is 388 g/mol. The molecule has 0 bridgehead atoms. The third kappa shape index (κ3) is 4.48. The van der Waals surface area contributed by atoms with Crippen molar-refractivity contribution in [3.05, 3.63) is 59.2 Å². The normalized spacial score (nSPS) is 14.5. The number of rotatable bonds is 6. The maximum Gasteiger partial charge on any atom is 0.260 e. The Bertz CT molecular complexity index is 939. The van der Waals surface area contributed by atoms with Crippen molar-refractivity contribution in [3.8, 4) is 5.75 Å². The number of aryl methyl sites for hydroxylation is 2. The molecule has 2 aromatic carbocycles. The van der Waals surface area contributed by atoms with E-state index in [1.807, 2.05) is 19.1 Å². The van der Waals surface area contributed by atoms with Crippen LogP contribution in [0.3, 0.4) is 0 Å². The molecule has 144 valence electrons. The number of carbonyl (C=O) groups is 1. The second kappa shape index (κ2) is 7.70. The number of hydrogen-bond acceptors (Lipinski definition) is 4. The molecule has 3 rings (SSSR count). The van der Waals surface area contributed by atoms with Crippen molar-refractivity contribution in [3.63, 3.8) is 0 Å². The number of sulfonamides is 1. The predicted octanol–water partition coefficient (Wildman–Crippen LogP) is 2.42. The van der Waals surface area contributed by atoms with E-state index >= 15 is 0 Å². The van der Waals surface area contributed by atoms with Crippen LogP contribution in [0.4, 0.5) is 0 Å². The van der Waals surface area contributed by atoms with Crippen LogP contribution in [0.2, 0.25) is 0 Å². The summed E-state index contributed by atoms with van der Waals surface area (Å²) in [6.07, 6.45) is 3.34. The molecule has 1 aliphatic rings. The molecule has 0 heterocycles. The van der Waals surface area contributed by atoms with Crippen LogP contribution in [0, 0.1) is 0 Å². The lowest BCUT2D eigenvalue weighted by Crippen LogP contribution is -2.33. The van der Waals surface area contributed by atoms with Gasteiger partial charge in [0.15, 0.2) is 6.61 Å². The molecule has 0 radical (unpaired) electrons. The highest BCUT2D eigenvalue weighted by atomic mass is 32.2. The minimum atomic E-state index is -3.73. The number of hydrogen-bond donors (Lipinski definition) is 1. The van der Waals surface area contributed by atoms with E-state index in [1.54, 1.807) is 24.1 Å². The van der Waals surface area contributed by atoms with E-state index < -0.39 is 10.0 Å². The lowest BCUT2D eigenvalue weighted by molar-refractivity contribution is -0.134. The number of benzene rings is 2. The van der Waals surface area contributed by atoms with Crippen LogP contribution in [0.25, 0.3) is 0 Å². The third-order valence-corrected chi connectivity index (χ3v) is 6.03. The first-order valence-corrected chi connectivity index (χ1v) is 10.4. The second-order valence-corrected chi connectivity index (χ2v) is 8.43. The maximum absolute atomic E-state index is 12.5. The van der Waals surface area contributed by atoms with E-state index in [9.17, 15) is 13.2 Å². The van der Waals surface area contributed by atoms with Gasteiger partial charge < -0.3 is 9.64 Å². The number of ether oxygens (including phenoxy) is 1. The summed E-state index contributed by atoms with van der Waals surface area (Å²) in [6, 6.07) is 12.0. The Hall–Kier alpha value is -2.38. The molecule has 0 fully saturated rings. The fourth-order valence-electron chi connectivity index (χ4n) is 3.26. The molecular formula is C20H24N2O4S. The molecule has 0 saturated carbocycles. The zero-order valence-electron chi connectivity index (χ0n) is 15.5. The minimum Gasteiger partial charge on any atom is -0.484 e. The molecule has 0 aromatic heterocycles. The number of nitrogens with two attached hydrogens (primary N) is 1. The number of nitrogens with zero attached hydrogens (tertiary/aromatic N) is 1. The summed E-state index contributed by atoms with van der Waals surface area (Å²) >= 11 is 0. The monoisotopic (exact) mass is 388 g/mol. The third-order valence-electron chi connectivity index (χ3n) is 5.10. The van der Waals surface area contributed by atoms with Gasteiger partial charge in [0, 0.05) is 7.05 Å². The summed E-state index contributed by atoms with van der Waals surface area (Å²) in [4.78, 5) is 14.1. The van der Waals surface area contributed by atoms with E-state index in [2.05, 4.69) is 6.07 Å². The molecule has 0 unspecified atom stereocenters. The van der Waals surface area contributed by atoms with Crippen molar-refractivity contribution in [2.45, 2.75) is 37.1 Å². The molecule has 7 heteroatoms. The number of fused-ring (bicyclic) bond motifs is 1. The van der Waals surface area contributed by atoms with Gasteiger partial charge in [0.1, 0.15) is 5.75 Å². The van der Waals surface area contributed by atoms with Crippen LogP contribution in [-0.2, 0) is 27.7 Å². The summed E-state index contributed by atoms with van der Waals surface area (Å²) in [5.74, 6) is 0.557. The number of primary sulfonamides is 1. The zero-order chi connectivity index (χ0) is 19.6. The Balaban J connectivity index is 1.61. The molecule has 2 aromatic rings. The Morgan fingerprint density at radius 1 is 1.15 bits per heavy atom. The fourth-order valence-corrected chi connectivity index (χ4v) is 3.78. The summed E-state index contributed by atoms with van der Waals surface area (Å²) in [7, 11) is -2.03. The SMILES string of the molecule is C[C@H](c1ccc(S(N)(=O)=O)cc1)N(C)C(=O)COc1ccc2c(c1)CCC2. The quantitative estimate of drug-likeness (QED) is 0.823. The van der Waals surface area contributed by atoms with Gasteiger partial charge in [0.05, 0.1) is 10.9 Å². The molecule has 1 aliphatic carbocycles. The van der Waals surface area contributed by atoms with Crippen LogP contribution in [0.5, 0.6) is 5.75 Å². The number of amides is 1. The maximum atomic E-state index is 12.5. The van der Waals surface area contributed by atoms with Gasteiger partial charge in [-0.2, -0.15) is 0 Å². The van der Waals surface area contributed by atoms with Gasteiger partial charge in [-0.15, -0.1) is 0 Å². The van der Waals surface area contributed by atoms with E-state index in [1.165, 1.54) is 29.7 Å². The van der Waals surface area contributed by atoms with Gasteiger partial charge in [-0.3, -0.25) is 4.79 Å². The zero-order valence-corrected chi connectivity index (χ0v) is 16.3. The van der Waals surface area contributed by atoms with Crippen molar-refractivity contribution >= 4 is 15.9 Å². The van der Waals surface area contributed by atoms with E-state index in [0.717, 1.165) is 18.4 Å². The Labute approximate surface area is 160 Å². The average Bonchev–Trinajstić information content (AvgIpc) is 3.12. The molecule has 6 nitrogen and oxygen atoms in total. The van der Waals surface area contributed by atoms with Crippen molar-refractivity contribution in [2.24, 2.45) is 5.14 Å². The van der Waals surface area contributed by atoms with Gasteiger partial charge in [-0.05, 0) is 67.1 Å². The van der Waals surface area contributed by atoms with Gasteiger partial charge in [0.25, 0.3) is 5.91 Å². The van der Waals surface area contributed by atoms with Crippen LogP contribution >= 0.6 is 0 Å². The summed E-state index contributed by atoms with van der Waals surface area (Å²) in [5.41, 5.74) is 3.48. The Morgan fingerprint density at radius 2 is 1.81 bits per heavy atom. The highest BCUT2D eigenvalue weighted by molar-refractivity contribution is 7.89. The first-order valence-electron chi connectivity index (χ1n) is 8.89. The van der Waals surface area contributed by atoms with Crippen LogP contribution in [0.15, 0.2) is 47.4 Å². The van der Waals surface area contributed by atoms with E-state index in [4.69, 9.17) is 9.88 Å². The lowest BCUT2D eigenvalue weighted by atomic mass is 10.1. The molecule has 0 saturated heterocycles. The molecule has 27 heavy (non-hydrogen) atoms. The molecular weight excluding hydrogens is 364 g/mol. The minimum absolute atomic E-state index is 0.0467. The van der Waals surface area contributed by atoms with Crippen molar-refractivity contribution in [1.82, 2.24) is 4.90 Å². The lowest BCUT2D eigenvalue weighted by Gasteiger charge is -2.25. The molecule has 1 amide bonds. The largest absolute Gasteiger partial charge is 0.484 e. The van der Waals surface area contributed by atoms with E-state index in [0.29, 0.717) is 5.75 Å². The number of carbonyl (C=O) groups excluding carboxylic acids is 1. The van der Waals surface area contributed by atoms with Crippen LogP contribution < -0.4 is 9.88 Å². The summed E-state index contributed by atoms with van der Waals surface area (Å²) < 4.78 is 28.4. The first-order chi connectivity index (χ1) is 12.8. The molecule has 0 spiro atoms. The first kappa shape index (κ1) is 19.4. The summed E-state index contributed by atoms with van der Waals surface area (Å²) in [5, 5.41) is 5.11. The van der Waals surface area contributed by atoms with Crippen molar-refractivity contribution in [1.29, 1.82) is 0 Å².